The summed E-state index contributed by atoms with van der Waals surface area (Å²) in [6, 6.07) is 0. The first kappa shape index (κ1) is 16.6. The first-order chi connectivity index (χ1) is 7.16. The van der Waals surface area contributed by atoms with Crippen molar-refractivity contribution in [3.63, 3.8) is 0 Å². The SMILES string of the molecule is CC.CCC(=O)NCCCCCC(C)=O. The number of carbonyl (C=O) groups is 2. The molecule has 3 nitrogen and oxygen atoms in total. The molecule has 0 radical (unpaired) electrons. The Morgan fingerprint density at radius 2 is 1.67 bits per heavy atom. The van der Waals surface area contributed by atoms with E-state index in [0.29, 0.717) is 12.8 Å². The molecule has 0 aromatic carbocycles. The van der Waals surface area contributed by atoms with E-state index in [9.17, 15) is 9.59 Å². The Morgan fingerprint density at radius 1 is 1.07 bits per heavy atom. The summed E-state index contributed by atoms with van der Waals surface area (Å²) in [5.41, 5.74) is 0. The molecule has 0 saturated carbocycles. The van der Waals surface area contributed by atoms with Gasteiger partial charge in [0.1, 0.15) is 5.78 Å². The molecular formula is C12H25NO2. The fourth-order valence-electron chi connectivity index (χ4n) is 1.03. The average molecular weight is 215 g/mol. The van der Waals surface area contributed by atoms with Crippen LogP contribution in [0.4, 0.5) is 0 Å². The molecule has 0 saturated heterocycles. The minimum atomic E-state index is 0.103. The van der Waals surface area contributed by atoms with Gasteiger partial charge in [0.15, 0.2) is 0 Å². The molecule has 0 heterocycles. The van der Waals surface area contributed by atoms with Crippen molar-refractivity contribution in [3.8, 4) is 0 Å². The molecular weight excluding hydrogens is 190 g/mol. The third kappa shape index (κ3) is 15.9. The summed E-state index contributed by atoms with van der Waals surface area (Å²) in [5, 5.41) is 2.80. The van der Waals surface area contributed by atoms with Crippen LogP contribution in [0, 0.1) is 0 Å². The molecule has 0 aliphatic heterocycles. The fourth-order valence-corrected chi connectivity index (χ4v) is 1.03. The first-order valence-electron chi connectivity index (χ1n) is 5.93. The molecule has 0 aliphatic carbocycles. The van der Waals surface area contributed by atoms with Crippen molar-refractivity contribution in [1.29, 1.82) is 0 Å². The maximum Gasteiger partial charge on any atom is 0.219 e. The molecule has 0 aromatic rings. The van der Waals surface area contributed by atoms with Gasteiger partial charge in [0.2, 0.25) is 5.91 Å². The lowest BCUT2D eigenvalue weighted by Gasteiger charge is -2.02. The topological polar surface area (TPSA) is 46.2 Å². The molecule has 0 spiro atoms. The van der Waals surface area contributed by atoms with Gasteiger partial charge in [-0.3, -0.25) is 4.79 Å². The number of hydrogen-bond donors (Lipinski definition) is 1. The summed E-state index contributed by atoms with van der Waals surface area (Å²) in [4.78, 5) is 21.3. The van der Waals surface area contributed by atoms with E-state index < -0.39 is 0 Å². The van der Waals surface area contributed by atoms with E-state index in [-0.39, 0.29) is 11.7 Å². The highest BCUT2D eigenvalue weighted by atomic mass is 16.1. The molecule has 15 heavy (non-hydrogen) atoms. The lowest BCUT2D eigenvalue weighted by atomic mass is 10.1. The third-order valence-electron chi connectivity index (χ3n) is 1.85. The number of nitrogens with one attached hydrogen (secondary N) is 1. The summed E-state index contributed by atoms with van der Waals surface area (Å²) in [7, 11) is 0. The average Bonchev–Trinajstić information content (AvgIpc) is 2.25. The smallest absolute Gasteiger partial charge is 0.219 e. The molecule has 0 bridgehead atoms. The molecule has 0 aromatic heterocycles. The second kappa shape index (κ2) is 13.1. The number of unbranched alkanes of at least 4 members (excludes halogenated alkanes) is 2. The van der Waals surface area contributed by atoms with Crippen LogP contribution in [0.1, 0.15) is 59.8 Å². The van der Waals surface area contributed by atoms with Crippen LogP contribution < -0.4 is 5.32 Å². The maximum atomic E-state index is 10.8. The van der Waals surface area contributed by atoms with Crippen LogP contribution in [0.15, 0.2) is 0 Å². The Morgan fingerprint density at radius 3 is 2.13 bits per heavy atom. The van der Waals surface area contributed by atoms with Gasteiger partial charge in [-0.05, 0) is 19.8 Å². The van der Waals surface area contributed by atoms with Gasteiger partial charge in [-0.2, -0.15) is 0 Å². The lowest BCUT2D eigenvalue weighted by Crippen LogP contribution is -2.23. The van der Waals surface area contributed by atoms with Crippen molar-refractivity contribution in [2.75, 3.05) is 6.54 Å². The van der Waals surface area contributed by atoms with Crippen molar-refractivity contribution in [2.45, 2.75) is 59.8 Å². The molecule has 0 aliphatic rings. The van der Waals surface area contributed by atoms with Crippen molar-refractivity contribution >= 4 is 11.7 Å². The van der Waals surface area contributed by atoms with Crippen LogP contribution in [0.5, 0.6) is 0 Å². The second-order valence-corrected chi connectivity index (χ2v) is 3.22. The number of amides is 1. The van der Waals surface area contributed by atoms with Crippen LogP contribution in [-0.4, -0.2) is 18.2 Å². The Hall–Kier alpha value is -0.860. The van der Waals surface area contributed by atoms with Crippen molar-refractivity contribution in [3.05, 3.63) is 0 Å². The molecule has 1 amide bonds. The van der Waals surface area contributed by atoms with Crippen LogP contribution in [-0.2, 0) is 9.59 Å². The zero-order valence-electron chi connectivity index (χ0n) is 10.6. The summed E-state index contributed by atoms with van der Waals surface area (Å²) < 4.78 is 0. The summed E-state index contributed by atoms with van der Waals surface area (Å²) in [6.45, 7) is 8.19. The number of hydrogen-bond acceptors (Lipinski definition) is 2. The van der Waals surface area contributed by atoms with Gasteiger partial charge in [0.25, 0.3) is 0 Å². The minimum absolute atomic E-state index is 0.103. The highest BCUT2D eigenvalue weighted by Crippen LogP contribution is 1.99. The molecule has 0 unspecified atom stereocenters. The van der Waals surface area contributed by atoms with Gasteiger partial charge in [-0.25, -0.2) is 0 Å². The lowest BCUT2D eigenvalue weighted by molar-refractivity contribution is -0.121. The Bertz CT molecular complexity index is 167. The summed E-state index contributed by atoms with van der Waals surface area (Å²) in [6.07, 6.45) is 4.15. The van der Waals surface area contributed by atoms with Crippen molar-refractivity contribution in [1.82, 2.24) is 5.32 Å². The van der Waals surface area contributed by atoms with Crippen LogP contribution in [0.2, 0.25) is 0 Å². The predicted octanol–water partition coefficient (Wildman–Crippen LogP) is 2.69. The number of rotatable bonds is 7. The van der Waals surface area contributed by atoms with Gasteiger partial charge < -0.3 is 10.1 Å². The van der Waals surface area contributed by atoms with Gasteiger partial charge in [0.05, 0.1) is 0 Å². The van der Waals surface area contributed by atoms with Gasteiger partial charge >= 0.3 is 0 Å². The van der Waals surface area contributed by atoms with E-state index >= 15 is 0 Å². The zero-order valence-corrected chi connectivity index (χ0v) is 10.6. The van der Waals surface area contributed by atoms with E-state index in [1.54, 1.807) is 6.92 Å². The second-order valence-electron chi connectivity index (χ2n) is 3.22. The molecule has 0 rings (SSSR count). The van der Waals surface area contributed by atoms with E-state index in [4.69, 9.17) is 0 Å². The van der Waals surface area contributed by atoms with E-state index in [0.717, 1.165) is 25.8 Å². The van der Waals surface area contributed by atoms with Gasteiger partial charge in [-0.1, -0.05) is 27.2 Å². The first-order valence-corrected chi connectivity index (χ1v) is 5.93. The normalized spacial score (nSPS) is 8.80. The van der Waals surface area contributed by atoms with Crippen LogP contribution in [0.25, 0.3) is 0 Å². The fraction of sp³-hybridized carbons (Fsp3) is 0.833. The quantitative estimate of drug-likeness (QED) is 0.664. The minimum Gasteiger partial charge on any atom is -0.356 e. The molecule has 90 valence electrons. The van der Waals surface area contributed by atoms with E-state index in [1.165, 1.54) is 0 Å². The van der Waals surface area contributed by atoms with Crippen molar-refractivity contribution in [2.24, 2.45) is 0 Å². The van der Waals surface area contributed by atoms with Crippen LogP contribution in [0.3, 0.4) is 0 Å². The summed E-state index contributed by atoms with van der Waals surface area (Å²) in [5.74, 6) is 0.351. The van der Waals surface area contributed by atoms with Crippen molar-refractivity contribution < 1.29 is 9.59 Å². The maximum absolute atomic E-state index is 10.8. The monoisotopic (exact) mass is 215 g/mol. The van der Waals surface area contributed by atoms with E-state index in [1.807, 2.05) is 20.8 Å². The molecule has 1 N–H and O–H groups in total. The standard InChI is InChI=1S/C10H19NO2.C2H6/c1-3-10(13)11-8-6-4-5-7-9(2)12;1-2/h3-8H2,1-2H3,(H,11,13);1-2H3. The number of Topliss-reactive ketones (excluding diaryl/α,β-unsaturated/α-hetero) is 1. The zero-order chi connectivity index (χ0) is 12.1. The Kier molecular flexibility index (Phi) is 14.5. The molecule has 0 fully saturated rings. The molecule has 3 heteroatoms. The van der Waals surface area contributed by atoms with Gasteiger partial charge in [0, 0.05) is 19.4 Å². The van der Waals surface area contributed by atoms with Gasteiger partial charge in [-0.15, -0.1) is 0 Å². The number of ketones is 1. The Balaban J connectivity index is 0. The number of carbonyl (C=O) groups excluding carboxylic acids is 2. The largest absolute Gasteiger partial charge is 0.356 e. The Labute approximate surface area is 93.6 Å². The summed E-state index contributed by atoms with van der Waals surface area (Å²) >= 11 is 0. The van der Waals surface area contributed by atoms with Crippen LogP contribution >= 0.6 is 0 Å². The highest BCUT2D eigenvalue weighted by molar-refractivity contribution is 5.75. The third-order valence-corrected chi connectivity index (χ3v) is 1.85. The predicted molar refractivity (Wildman–Crippen MR) is 63.8 cm³/mol. The highest BCUT2D eigenvalue weighted by Gasteiger charge is 1.96. The molecule has 0 atom stereocenters. The van der Waals surface area contributed by atoms with E-state index in [2.05, 4.69) is 5.32 Å².